The molecule has 0 bridgehead atoms. The third kappa shape index (κ3) is 3.40. The third-order valence-electron chi connectivity index (χ3n) is 6.40. The van der Waals surface area contributed by atoms with Gasteiger partial charge in [-0.2, -0.15) is 10.1 Å². The van der Waals surface area contributed by atoms with Gasteiger partial charge in [-0.15, -0.1) is 0 Å². The topological polar surface area (TPSA) is 116 Å². The first-order chi connectivity index (χ1) is 14.5. The van der Waals surface area contributed by atoms with E-state index in [1.54, 1.807) is 0 Å². The van der Waals surface area contributed by atoms with Crippen molar-refractivity contribution in [2.24, 2.45) is 5.73 Å². The van der Waals surface area contributed by atoms with Gasteiger partial charge in [0.15, 0.2) is 5.82 Å². The quantitative estimate of drug-likeness (QED) is 0.687. The molecule has 160 valence electrons. The number of H-pyrrole nitrogens is 1. The third-order valence-corrected chi connectivity index (χ3v) is 6.40. The maximum absolute atomic E-state index is 13.0. The molecule has 9 nitrogen and oxygen atoms in total. The Morgan fingerprint density at radius 3 is 2.83 bits per heavy atom. The van der Waals surface area contributed by atoms with Gasteiger partial charge in [-0.1, -0.05) is 13.8 Å². The summed E-state index contributed by atoms with van der Waals surface area (Å²) in [5.41, 5.74) is 9.22. The number of rotatable bonds is 5. The van der Waals surface area contributed by atoms with Crippen LogP contribution >= 0.6 is 0 Å². The van der Waals surface area contributed by atoms with Crippen LogP contribution in [0.3, 0.4) is 0 Å². The lowest BCUT2D eigenvalue weighted by Crippen LogP contribution is -2.61. The van der Waals surface area contributed by atoms with Crippen molar-refractivity contribution in [3.63, 3.8) is 0 Å². The van der Waals surface area contributed by atoms with E-state index in [1.165, 1.54) is 5.56 Å². The molecule has 0 spiro atoms. The van der Waals surface area contributed by atoms with Gasteiger partial charge in [-0.25, -0.2) is 4.98 Å². The van der Waals surface area contributed by atoms with Gasteiger partial charge in [-0.05, 0) is 38.0 Å². The van der Waals surface area contributed by atoms with E-state index >= 15 is 0 Å². The summed E-state index contributed by atoms with van der Waals surface area (Å²) in [6.45, 7) is 6.37. The number of aryl methyl sites for hydroxylation is 1. The van der Waals surface area contributed by atoms with Crippen LogP contribution in [-0.4, -0.2) is 62.7 Å². The van der Waals surface area contributed by atoms with Crippen molar-refractivity contribution in [2.45, 2.75) is 64.0 Å². The number of hydrogen-bond acceptors (Lipinski definition) is 7. The Hall–Kier alpha value is -2.68. The molecule has 1 aliphatic carbocycles. The van der Waals surface area contributed by atoms with Crippen molar-refractivity contribution >= 4 is 23.5 Å². The number of amides is 1. The van der Waals surface area contributed by atoms with Crippen molar-refractivity contribution in [3.8, 4) is 0 Å². The molecule has 1 atom stereocenters. The van der Waals surface area contributed by atoms with Gasteiger partial charge in [0.2, 0.25) is 11.9 Å². The molecule has 30 heavy (non-hydrogen) atoms. The summed E-state index contributed by atoms with van der Waals surface area (Å²) in [4.78, 5) is 26.7. The Kier molecular flexibility index (Phi) is 4.85. The Balaban J connectivity index is 1.42. The fourth-order valence-electron chi connectivity index (χ4n) is 4.64. The largest absolute Gasteiger partial charge is 0.338 e. The van der Waals surface area contributed by atoms with E-state index in [1.807, 2.05) is 11.0 Å². The number of carbonyl (C=O) groups is 1. The number of aromatic nitrogens is 4. The summed E-state index contributed by atoms with van der Waals surface area (Å²) in [6, 6.07) is 1.95. The number of nitrogens with zero attached hydrogens (tertiary/aromatic N) is 5. The van der Waals surface area contributed by atoms with E-state index in [2.05, 4.69) is 34.3 Å². The molecular formula is C21H30N8O. The van der Waals surface area contributed by atoms with Crippen LogP contribution in [0.15, 0.2) is 6.07 Å². The zero-order valence-corrected chi connectivity index (χ0v) is 17.7. The van der Waals surface area contributed by atoms with Crippen molar-refractivity contribution < 1.29 is 4.79 Å². The molecular weight excluding hydrogens is 380 g/mol. The molecule has 0 saturated carbocycles. The summed E-state index contributed by atoms with van der Waals surface area (Å²) in [5, 5.41) is 10.9. The van der Waals surface area contributed by atoms with E-state index in [0.29, 0.717) is 25.0 Å². The van der Waals surface area contributed by atoms with E-state index in [4.69, 9.17) is 15.7 Å². The van der Waals surface area contributed by atoms with Crippen LogP contribution in [-0.2, 0) is 17.6 Å². The maximum atomic E-state index is 13.0. The fourth-order valence-corrected chi connectivity index (χ4v) is 4.64. The van der Waals surface area contributed by atoms with Crippen molar-refractivity contribution in [3.05, 3.63) is 23.0 Å². The molecule has 2 aromatic heterocycles. The fraction of sp³-hybridized carbons (Fsp3) is 0.619. The predicted octanol–water partition coefficient (Wildman–Crippen LogP) is 1.69. The van der Waals surface area contributed by atoms with Crippen molar-refractivity contribution in [1.82, 2.24) is 25.1 Å². The van der Waals surface area contributed by atoms with E-state index in [0.717, 1.165) is 61.7 Å². The lowest BCUT2D eigenvalue weighted by molar-refractivity contribution is -0.136. The van der Waals surface area contributed by atoms with Crippen molar-refractivity contribution in [1.29, 1.82) is 0 Å². The van der Waals surface area contributed by atoms with Gasteiger partial charge in [0, 0.05) is 43.0 Å². The summed E-state index contributed by atoms with van der Waals surface area (Å²) < 4.78 is 0. The molecule has 2 aromatic rings. The Bertz CT molecular complexity index is 948. The van der Waals surface area contributed by atoms with E-state index in [9.17, 15) is 4.79 Å². The number of fused-ring (bicyclic) bond motifs is 1. The number of anilines is 3. The van der Waals surface area contributed by atoms with E-state index in [-0.39, 0.29) is 18.0 Å². The van der Waals surface area contributed by atoms with Crippen molar-refractivity contribution in [2.75, 3.05) is 29.9 Å². The first-order valence-corrected chi connectivity index (χ1v) is 11.0. The lowest BCUT2D eigenvalue weighted by Gasteiger charge is -2.40. The highest BCUT2D eigenvalue weighted by Gasteiger charge is 2.39. The van der Waals surface area contributed by atoms with Crippen LogP contribution in [0.5, 0.6) is 0 Å². The average molecular weight is 411 g/mol. The highest BCUT2D eigenvalue weighted by atomic mass is 16.2. The normalized spacial score (nSPS) is 21.3. The van der Waals surface area contributed by atoms with Crippen LogP contribution in [0.4, 0.5) is 17.6 Å². The highest BCUT2D eigenvalue weighted by Crippen LogP contribution is 2.33. The SMILES string of the molecule is CC(C)c1cc(Nc2nc(N3CCCC3C(=O)N3CC(N)C3)nc3c2CCC3)n[nH]1. The standard InChI is InChI=1S/C21H30N8O/c1-12(2)16-9-18(27-26-16)24-19-14-5-3-6-15(14)23-21(25-19)29-8-4-7-17(29)20(30)28-10-13(22)11-28/h9,12-13,17H,3-8,10-11,22H2,1-2H3,(H2,23,24,25,26,27). The molecule has 2 aliphatic heterocycles. The van der Waals surface area contributed by atoms with E-state index < -0.39 is 0 Å². The minimum Gasteiger partial charge on any atom is -0.338 e. The molecule has 0 radical (unpaired) electrons. The Morgan fingerprint density at radius 2 is 2.10 bits per heavy atom. The first kappa shape index (κ1) is 19.3. The zero-order valence-electron chi connectivity index (χ0n) is 17.7. The molecule has 4 heterocycles. The summed E-state index contributed by atoms with van der Waals surface area (Å²) in [6.07, 6.45) is 4.80. The summed E-state index contributed by atoms with van der Waals surface area (Å²) >= 11 is 0. The van der Waals surface area contributed by atoms with Crippen LogP contribution in [0.2, 0.25) is 0 Å². The molecule has 1 unspecified atom stereocenters. The molecule has 9 heteroatoms. The van der Waals surface area contributed by atoms with Gasteiger partial charge in [0.1, 0.15) is 11.9 Å². The minimum absolute atomic E-state index is 0.112. The summed E-state index contributed by atoms with van der Waals surface area (Å²) in [5.74, 6) is 2.77. The molecule has 0 aromatic carbocycles. The molecule has 2 saturated heterocycles. The Labute approximate surface area is 176 Å². The average Bonchev–Trinajstić information content (AvgIpc) is 3.44. The van der Waals surface area contributed by atoms with Crippen LogP contribution in [0, 0.1) is 0 Å². The van der Waals surface area contributed by atoms with Gasteiger partial charge < -0.3 is 20.9 Å². The number of carbonyl (C=O) groups excluding carboxylic acids is 1. The number of nitrogens with one attached hydrogen (secondary N) is 2. The number of hydrogen-bond donors (Lipinski definition) is 3. The monoisotopic (exact) mass is 410 g/mol. The molecule has 3 aliphatic rings. The molecule has 2 fully saturated rings. The smallest absolute Gasteiger partial charge is 0.245 e. The zero-order chi connectivity index (χ0) is 20.8. The molecule has 4 N–H and O–H groups in total. The maximum Gasteiger partial charge on any atom is 0.245 e. The number of aromatic amines is 1. The number of nitrogens with two attached hydrogens (primary N) is 1. The minimum atomic E-state index is -0.192. The van der Waals surface area contributed by atoms with Gasteiger partial charge in [0.25, 0.3) is 0 Å². The van der Waals surface area contributed by atoms with Crippen LogP contribution in [0.1, 0.15) is 56.0 Å². The van der Waals surface area contributed by atoms with Gasteiger partial charge in [-0.3, -0.25) is 9.89 Å². The van der Waals surface area contributed by atoms with Crippen LogP contribution in [0.25, 0.3) is 0 Å². The second-order valence-corrected chi connectivity index (χ2v) is 8.99. The molecule has 1 amide bonds. The highest BCUT2D eigenvalue weighted by molar-refractivity contribution is 5.86. The summed E-state index contributed by atoms with van der Waals surface area (Å²) in [7, 11) is 0. The second kappa shape index (κ2) is 7.54. The number of likely N-dealkylation sites (tertiary alicyclic amines) is 1. The predicted molar refractivity (Wildman–Crippen MR) is 115 cm³/mol. The lowest BCUT2D eigenvalue weighted by atomic mass is 10.1. The Morgan fingerprint density at radius 1 is 1.27 bits per heavy atom. The molecule has 5 rings (SSSR count). The van der Waals surface area contributed by atoms with Gasteiger partial charge in [0.05, 0.1) is 5.69 Å². The first-order valence-electron chi connectivity index (χ1n) is 11.0. The second-order valence-electron chi connectivity index (χ2n) is 8.99. The van der Waals surface area contributed by atoms with Crippen LogP contribution < -0.4 is 16.0 Å². The van der Waals surface area contributed by atoms with Gasteiger partial charge >= 0.3 is 0 Å².